The molecule has 1 aliphatic rings. The Labute approximate surface area is 151 Å². The monoisotopic (exact) mass is 386 g/mol. The number of hydrogen-bond acceptors (Lipinski definition) is 5. The fourth-order valence-electron chi connectivity index (χ4n) is 2.59. The summed E-state index contributed by atoms with van der Waals surface area (Å²) in [5.74, 6) is -1.54. The molecule has 9 heteroatoms. The molecule has 1 fully saturated rings. The number of nitrogens with one attached hydrogen (secondary N) is 1. The topological polar surface area (TPSA) is 104 Å². The fraction of sp³-hybridized carbons (Fsp3) is 0.500. The van der Waals surface area contributed by atoms with Crippen LogP contribution in [0.1, 0.15) is 30.6 Å². The Morgan fingerprint density at radius 1 is 1.36 bits per heavy atom. The molecule has 0 aliphatic carbocycles. The minimum Gasteiger partial charge on any atom is -0.480 e. The highest BCUT2D eigenvalue weighted by Gasteiger charge is 2.28. The summed E-state index contributed by atoms with van der Waals surface area (Å²) >= 11 is 1.05. The lowest BCUT2D eigenvalue weighted by atomic mass is 10.1. The summed E-state index contributed by atoms with van der Waals surface area (Å²) in [5.41, 5.74) is 0. The molecule has 1 aromatic heterocycles. The largest absolute Gasteiger partial charge is 0.480 e. The first-order chi connectivity index (χ1) is 11.8. The molecular formula is C16H22N2O5S2. The zero-order chi connectivity index (χ0) is 18.4. The van der Waals surface area contributed by atoms with Crippen molar-refractivity contribution >= 4 is 33.2 Å². The van der Waals surface area contributed by atoms with E-state index in [2.05, 4.69) is 11.9 Å². The van der Waals surface area contributed by atoms with E-state index in [1.807, 2.05) is 0 Å². The quantitative estimate of drug-likeness (QED) is 0.628. The molecule has 0 bridgehead atoms. The van der Waals surface area contributed by atoms with Gasteiger partial charge in [-0.1, -0.05) is 6.08 Å². The second kappa shape index (κ2) is 8.59. The van der Waals surface area contributed by atoms with Crippen LogP contribution in [0.4, 0.5) is 0 Å². The van der Waals surface area contributed by atoms with E-state index in [4.69, 9.17) is 5.11 Å². The van der Waals surface area contributed by atoms with Gasteiger partial charge in [-0.25, -0.2) is 13.2 Å². The third-order valence-corrected chi connectivity index (χ3v) is 7.38. The molecule has 1 atom stereocenters. The lowest BCUT2D eigenvalue weighted by molar-refractivity contribution is -0.141. The van der Waals surface area contributed by atoms with E-state index in [-0.39, 0.29) is 17.1 Å². The van der Waals surface area contributed by atoms with Crippen molar-refractivity contribution in [2.75, 3.05) is 13.1 Å². The third-order valence-electron chi connectivity index (χ3n) is 3.92. The summed E-state index contributed by atoms with van der Waals surface area (Å²) < 4.78 is 26.6. The van der Waals surface area contributed by atoms with Gasteiger partial charge in [-0.2, -0.15) is 4.31 Å². The number of thiophene rings is 1. The summed E-state index contributed by atoms with van der Waals surface area (Å²) in [6.45, 7) is 4.59. The van der Waals surface area contributed by atoms with Gasteiger partial charge in [0.05, 0.1) is 6.42 Å². The number of aliphatic carboxylic acids is 1. The maximum absolute atomic E-state index is 12.5. The van der Waals surface area contributed by atoms with Crippen molar-refractivity contribution in [3.63, 3.8) is 0 Å². The first-order valence-corrected chi connectivity index (χ1v) is 10.3. The maximum Gasteiger partial charge on any atom is 0.326 e. The number of allylic oxidation sites excluding steroid dienone is 1. The molecule has 2 heterocycles. The van der Waals surface area contributed by atoms with E-state index in [1.54, 1.807) is 12.1 Å². The average Bonchev–Trinajstić information content (AvgIpc) is 3.22. The first-order valence-electron chi connectivity index (χ1n) is 8.06. The highest BCUT2D eigenvalue weighted by molar-refractivity contribution is 7.91. The van der Waals surface area contributed by atoms with Crippen molar-refractivity contribution in [3.05, 3.63) is 29.7 Å². The molecule has 1 aromatic rings. The molecule has 0 radical (unpaired) electrons. The highest BCUT2D eigenvalue weighted by atomic mass is 32.2. The minimum atomic E-state index is -3.49. The Bertz CT molecular complexity index is 735. The molecule has 1 unspecified atom stereocenters. The number of nitrogens with zero attached hydrogens (tertiary/aromatic N) is 1. The zero-order valence-corrected chi connectivity index (χ0v) is 15.4. The van der Waals surface area contributed by atoms with Crippen molar-refractivity contribution in [2.24, 2.45) is 0 Å². The van der Waals surface area contributed by atoms with Crippen LogP contribution in [0.5, 0.6) is 0 Å². The SMILES string of the molecule is C=CCCC(NC(=O)Cc1ccc(S(=O)(=O)N2CCCC2)s1)C(=O)O. The van der Waals surface area contributed by atoms with Crippen molar-refractivity contribution in [1.82, 2.24) is 9.62 Å². The number of hydrogen-bond donors (Lipinski definition) is 2. The van der Waals surface area contributed by atoms with Crippen LogP contribution in [0.2, 0.25) is 0 Å². The summed E-state index contributed by atoms with van der Waals surface area (Å²) in [6.07, 6.45) is 4.02. The predicted molar refractivity (Wildman–Crippen MR) is 95.0 cm³/mol. The van der Waals surface area contributed by atoms with Crippen LogP contribution in [-0.4, -0.2) is 48.8 Å². The Hall–Kier alpha value is -1.71. The second-order valence-corrected chi connectivity index (χ2v) is 9.17. The summed E-state index contributed by atoms with van der Waals surface area (Å²) in [7, 11) is -3.49. The normalized spacial score (nSPS) is 16.5. The van der Waals surface area contributed by atoms with Crippen LogP contribution in [0.25, 0.3) is 0 Å². The molecule has 0 spiro atoms. The summed E-state index contributed by atoms with van der Waals surface area (Å²) in [4.78, 5) is 23.8. The van der Waals surface area contributed by atoms with E-state index in [1.165, 1.54) is 10.4 Å². The lowest BCUT2D eigenvalue weighted by Crippen LogP contribution is -2.41. The van der Waals surface area contributed by atoms with Gasteiger partial charge in [0.2, 0.25) is 5.91 Å². The van der Waals surface area contributed by atoms with Gasteiger partial charge in [0, 0.05) is 18.0 Å². The fourth-order valence-corrected chi connectivity index (χ4v) is 5.62. The number of carboxylic acids is 1. The van der Waals surface area contributed by atoms with Gasteiger partial charge in [-0.05, 0) is 37.8 Å². The van der Waals surface area contributed by atoms with Crippen molar-refractivity contribution < 1.29 is 23.1 Å². The van der Waals surface area contributed by atoms with E-state index in [9.17, 15) is 18.0 Å². The molecule has 25 heavy (non-hydrogen) atoms. The van der Waals surface area contributed by atoms with Crippen LogP contribution in [0.3, 0.4) is 0 Å². The molecule has 0 aromatic carbocycles. The molecule has 2 N–H and O–H groups in total. The number of sulfonamides is 1. The Balaban J connectivity index is 1.99. The molecule has 1 amide bonds. The number of carbonyl (C=O) groups excluding carboxylic acids is 1. The smallest absolute Gasteiger partial charge is 0.326 e. The van der Waals surface area contributed by atoms with Crippen LogP contribution >= 0.6 is 11.3 Å². The summed E-state index contributed by atoms with van der Waals surface area (Å²) in [6, 6.07) is 2.14. The van der Waals surface area contributed by atoms with E-state index < -0.39 is 27.9 Å². The van der Waals surface area contributed by atoms with Gasteiger partial charge in [0.15, 0.2) is 0 Å². The second-order valence-electron chi connectivity index (χ2n) is 5.83. The van der Waals surface area contributed by atoms with E-state index in [0.29, 0.717) is 24.4 Å². The van der Waals surface area contributed by atoms with E-state index in [0.717, 1.165) is 24.2 Å². The molecule has 0 saturated carbocycles. The maximum atomic E-state index is 12.5. The highest BCUT2D eigenvalue weighted by Crippen LogP contribution is 2.27. The molecule has 138 valence electrons. The van der Waals surface area contributed by atoms with Crippen LogP contribution in [-0.2, 0) is 26.0 Å². The molecular weight excluding hydrogens is 364 g/mol. The van der Waals surface area contributed by atoms with Gasteiger partial charge < -0.3 is 10.4 Å². The number of rotatable bonds is 9. The van der Waals surface area contributed by atoms with Crippen molar-refractivity contribution in [3.8, 4) is 0 Å². The minimum absolute atomic E-state index is 0.0436. The van der Waals surface area contributed by atoms with Crippen LogP contribution in [0, 0.1) is 0 Å². The molecule has 2 rings (SSSR count). The number of amides is 1. The average molecular weight is 386 g/mol. The van der Waals surface area contributed by atoms with Crippen molar-refractivity contribution in [2.45, 2.75) is 42.4 Å². The van der Waals surface area contributed by atoms with E-state index >= 15 is 0 Å². The number of carboxylic acid groups (broad SMARTS) is 1. The first kappa shape index (κ1) is 19.6. The van der Waals surface area contributed by atoms with Crippen LogP contribution < -0.4 is 5.32 Å². The molecule has 7 nitrogen and oxygen atoms in total. The van der Waals surface area contributed by atoms with Gasteiger partial charge in [0.25, 0.3) is 10.0 Å². The Morgan fingerprint density at radius 2 is 2.04 bits per heavy atom. The zero-order valence-electron chi connectivity index (χ0n) is 13.8. The number of carbonyl (C=O) groups is 2. The van der Waals surface area contributed by atoms with Crippen molar-refractivity contribution in [1.29, 1.82) is 0 Å². The summed E-state index contributed by atoms with van der Waals surface area (Å²) in [5, 5.41) is 11.6. The molecule has 1 aliphatic heterocycles. The Morgan fingerprint density at radius 3 is 2.64 bits per heavy atom. The lowest BCUT2D eigenvalue weighted by Gasteiger charge is -2.14. The molecule has 1 saturated heterocycles. The predicted octanol–water partition coefficient (Wildman–Crippen LogP) is 1.61. The van der Waals surface area contributed by atoms with Gasteiger partial charge in [0.1, 0.15) is 10.3 Å². The third kappa shape index (κ3) is 5.13. The van der Waals surface area contributed by atoms with Crippen LogP contribution in [0.15, 0.2) is 29.0 Å². The standard InChI is InChI=1S/C16H22N2O5S2/c1-2-3-6-13(16(20)21)17-14(19)11-12-7-8-15(24-12)25(22,23)18-9-4-5-10-18/h2,7-8,13H,1,3-6,9-11H2,(H,17,19)(H,20,21). The van der Waals surface area contributed by atoms with Gasteiger partial charge >= 0.3 is 5.97 Å². The van der Waals surface area contributed by atoms with Gasteiger partial charge in [-0.15, -0.1) is 17.9 Å². The Kier molecular flexibility index (Phi) is 6.74. The van der Waals surface area contributed by atoms with Gasteiger partial charge in [-0.3, -0.25) is 4.79 Å².